The van der Waals surface area contributed by atoms with E-state index >= 15 is 0 Å². The Labute approximate surface area is 183 Å². The molecule has 0 aliphatic carbocycles. The Morgan fingerprint density at radius 1 is 0.906 bits per heavy atom. The number of carbonyl (C=O) groups excluding carboxylic acids is 2. The molecule has 0 spiro atoms. The number of benzene rings is 3. The minimum atomic E-state index is -3.86. The Bertz CT molecular complexity index is 1210. The van der Waals surface area contributed by atoms with E-state index in [9.17, 15) is 26.8 Å². The molecule has 0 saturated carbocycles. The lowest BCUT2D eigenvalue weighted by Crippen LogP contribution is -2.26. The first-order valence-electron chi connectivity index (χ1n) is 9.25. The summed E-state index contributed by atoms with van der Waals surface area (Å²) in [6.07, 6.45) is 0. The van der Waals surface area contributed by atoms with Gasteiger partial charge in [0.1, 0.15) is 17.3 Å². The maximum Gasteiger partial charge on any atom is 0.338 e. The molecular weight excluding hydrogens is 442 g/mol. The van der Waals surface area contributed by atoms with Crippen molar-refractivity contribution in [3.63, 3.8) is 0 Å². The van der Waals surface area contributed by atoms with Crippen LogP contribution in [0.15, 0.2) is 77.7 Å². The minimum Gasteiger partial charge on any atom is -0.452 e. The molecule has 0 unspecified atom stereocenters. The van der Waals surface area contributed by atoms with Gasteiger partial charge in [-0.3, -0.25) is 9.10 Å². The van der Waals surface area contributed by atoms with Crippen LogP contribution in [0.2, 0.25) is 0 Å². The van der Waals surface area contributed by atoms with Crippen LogP contribution in [-0.2, 0) is 19.6 Å². The maximum atomic E-state index is 13.6. The molecule has 0 bridgehead atoms. The third-order valence-corrected chi connectivity index (χ3v) is 6.23. The van der Waals surface area contributed by atoms with Gasteiger partial charge >= 0.3 is 5.97 Å². The van der Waals surface area contributed by atoms with E-state index < -0.39 is 45.8 Å². The molecule has 1 N–H and O–H groups in total. The van der Waals surface area contributed by atoms with Crippen LogP contribution in [0.1, 0.15) is 10.4 Å². The number of hydrogen-bond donors (Lipinski definition) is 1. The lowest BCUT2D eigenvalue weighted by molar-refractivity contribution is -0.119. The van der Waals surface area contributed by atoms with E-state index in [1.807, 2.05) is 5.32 Å². The number of amides is 1. The van der Waals surface area contributed by atoms with Crippen molar-refractivity contribution in [2.45, 2.75) is 4.90 Å². The van der Waals surface area contributed by atoms with Crippen LogP contribution >= 0.6 is 0 Å². The summed E-state index contributed by atoms with van der Waals surface area (Å²) in [5, 5.41) is 1.99. The number of anilines is 2. The van der Waals surface area contributed by atoms with E-state index in [2.05, 4.69) is 0 Å². The van der Waals surface area contributed by atoms with Crippen LogP contribution in [0, 0.1) is 11.6 Å². The van der Waals surface area contributed by atoms with E-state index in [1.54, 1.807) is 30.3 Å². The summed E-state index contributed by atoms with van der Waals surface area (Å²) in [4.78, 5) is 23.9. The van der Waals surface area contributed by atoms with Gasteiger partial charge in [-0.1, -0.05) is 24.3 Å². The quantitative estimate of drug-likeness (QED) is 0.544. The van der Waals surface area contributed by atoms with Crippen molar-refractivity contribution in [1.29, 1.82) is 0 Å². The van der Waals surface area contributed by atoms with Gasteiger partial charge in [0, 0.05) is 7.05 Å². The molecular formula is C22H18F2N2O5S. The molecule has 0 aromatic heterocycles. The van der Waals surface area contributed by atoms with E-state index in [0.29, 0.717) is 5.69 Å². The number of sulfonamides is 1. The summed E-state index contributed by atoms with van der Waals surface area (Å²) in [6, 6.07) is 16.5. The average molecular weight is 460 g/mol. The average Bonchev–Trinajstić information content (AvgIpc) is 2.80. The number of halogens is 2. The maximum absolute atomic E-state index is 13.6. The number of carbonyl (C=O) groups is 2. The zero-order valence-electron chi connectivity index (χ0n) is 16.8. The summed E-state index contributed by atoms with van der Waals surface area (Å²) in [6.45, 7) is -0.788. The standard InChI is InChI=1S/C22H18F2N2O5S/c1-26(16-6-3-2-4-7-16)32(29,30)17-12-10-15(11-13-17)22(28)31-14-20(27)25-21-18(23)8-5-9-19(21)24/h2-13H,14H2,1H3,(H,25,27). The van der Waals surface area contributed by atoms with E-state index in [4.69, 9.17) is 4.74 Å². The van der Waals surface area contributed by atoms with Gasteiger partial charge in [-0.05, 0) is 48.5 Å². The van der Waals surface area contributed by atoms with Gasteiger partial charge in [0.25, 0.3) is 15.9 Å². The molecule has 0 aliphatic heterocycles. The van der Waals surface area contributed by atoms with Gasteiger partial charge in [0.05, 0.1) is 16.1 Å². The zero-order chi connectivity index (χ0) is 23.3. The van der Waals surface area contributed by atoms with Gasteiger partial charge in [-0.2, -0.15) is 0 Å². The van der Waals surface area contributed by atoms with E-state index in [1.165, 1.54) is 31.3 Å². The van der Waals surface area contributed by atoms with Crippen LogP contribution in [0.5, 0.6) is 0 Å². The Morgan fingerprint density at radius 2 is 1.50 bits per heavy atom. The van der Waals surface area contributed by atoms with Crippen LogP contribution < -0.4 is 9.62 Å². The molecule has 3 aromatic rings. The van der Waals surface area contributed by atoms with Gasteiger partial charge in [-0.25, -0.2) is 22.0 Å². The predicted octanol–water partition coefficient (Wildman–Crippen LogP) is 3.59. The minimum absolute atomic E-state index is 0.00353. The molecule has 0 atom stereocenters. The summed E-state index contributed by atoms with van der Waals surface area (Å²) in [5.74, 6) is -3.79. The Morgan fingerprint density at radius 3 is 2.09 bits per heavy atom. The highest BCUT2D eigenvalue weighted by molar-refractivity contribution is 7.92. The van der Waals surface area contributed by atoms with Crippen molar-refractivity contribution in [3.05, 3.63) is 90.0 Å². The van der Waals surface area contributed by atoms with Crippen LogP contribution in [0.3, 0.4) is 0 Å². The van der Waals surface area contributed by atoms with Crippen LogP contribution in [-0.4, -0.2) is 33.9 Å². The molecule has 0 heterocycles. The highest BCUT2D eigenvalue weighted by Gasteiger charge is 2.22. The molecule has 32 heavy (non-hydrogen) atoms. The summed E-state index contributed by atoms with van der Waals surface area (Å²) < 4.78 is 58.6. The monoisotopic (exact) mass is 460 g/mol. The summed E-state index contributed by atoms with van der Waals surface area (Å²) in [5.41, 5.74) is -0.185. The number of para-hydroxylation sites is 2. The number of rotatable bonds is 7. The first-order chi connectivity index (χ1) is 15.2. The van der Waals surface area contributed by atoms with E-state index in [0.717, 1.165) is 22.5 Å². The lowest BCUT2D eigenvalue weighted by atomic mass is 10.2. The molecule has 3 aromatic carbocycles. The van der Waals surface area contributed by atoms with Crippen molar-refractivity contribution in [3.8, 4) is 0 Å². The third-order valence-electron chi connectivity index (χ3n) is 4.43. The second-order valence-corrected chi connectivity index (χ2v) is 8.52. The molecule has 166 valence electrons. The highest BCUT2D eigenvalue weighted by atomic mass is 32.2. The first-order valence-corrected chi connectivity index (χ1v) is 10.7. The fraction of sp³-hybridized carbons (Fsp3) is 0.0909. The summed E-state index contributed by atoms with van der Waals surface area (Å²) >= 11 is 0. The van der Waals surface area contributed by atoms with Crippen molar-refractivity contribution in [2.24, 2.45) is 0 Å². The smallest absolute Gasteiger partial charge is 0.338 e. The van der Waals surface area contributed by atoms with Crippen LogP contribution in [0.4, 0.5) is 20.2 Å². The molecule has 0 saturated heterocycles. The predicted molar refractivity (Wildman–Crippen MR) is 114 cm³/mol. The second kappa shape index (κ2) is 9.56. The molecule has 10 heteroatoms. The number of nitrogens with one attached hydrogen (secondary N) is 1. The molecule has 0 fully saturated rings. The Hall–Kier alpha value is -3.79. The normalized spacial score (nSPS) is 11.0. The molecule has 0 aliphatic rings. The number of hydrogen-bond acceptors (Lipinski definition) is 5. The van der Waals surface area contributed by atoms with Crippen molar-refractivity contribution in [1.82, 2.24) is 0 Å². The van der Waals surface area contributed by atoms with Gasteiger partial charge in [0.2, 0.25) is 0 Å². The van der Waals surface area contributed by atoms with Gasteiger partial charge < -0.3 is 10.1 Å². The SMILES string of the molecule is CN(c1ccccc1)S(=O)(=O)c1ccc(C(=O)OCC(=O)Nc2c(F)cccc2F)cc1. The molecule has 1 amide bonds. The highest BCUT2D eigenvalue weighted by Crippen LogP contribution is 2.22. The lowest BCUT2D eigenvalue weighted by Gasteiger charge is -2.19. The topological polar surface area (TPSA) is 92.8 Å². The van der Waals surface area contributed by atoms with Gasteiger partial charge in [0.15, 0.2) is 6.61 Å². The number of ether oxygens (including phenoxy) is 1. The number of nitrogens with zero attached hydrogens (tertiary/aromatic N) is 1. The Balaban J connectivity index is 1.63. The largest absolute Gasteiger partial charge is 0.452 e. The van der Waals surface area contributed by atoms with Gasteiger partial charge in [-0.15, -0.1) is 0 Å². The van der Waals surface area contributed by atoms with Crippen molar-refractivity contribution in [2.75, 3.05) is 23.3 Å². The Kier molecular flexibility index (Phi) is 6.84. The fourth-order valence-electron chi connectivity index (χ4n) is 2.70. The zero-order valence-corrected chi connectivity index (χ0v) is 17.6. The first kappa shape index (κ1) is 22.9. The molecule has 0 radical (unpaired) electrons. The fourth-order valence-corrected chi connectivity index (χ4v) is 3.90. The second-order valence-electron chi connectivity index (χ2n) is 6.55. The summed E-state index contributed by atoms with van der Waals surface area (Å²) in [7, 11) is -2.45. The number of esters is 1. The van der Waals surface area contributed by atoms with Crippen molar-refractivity contribution >= 4 is 33.3 Å². The van der Waals surface area contributed by atoms with E-state index in [-0.39, 0.29) is 10.5 Å². The van der Waals surface area contributed by atoms with Crippen molar-refractivity contribution < 1.29 is 31.5 Å². The molecule has 3 rings (SSSR count). The molecule has 7 nitrogen and oxygen atoms in total. The third kappa shape index (κ3) is 5.09. The van der Waals surface area contributed by atoms with Crippen LogP contribution in [0.25, 0.3) is 0 Å².